The third kappa shape index (κ3) is 2.93. The maximum atomic E-state index is 5.66. The van der Waals surface area contributed by atoms with E-state index in [1.165, 1.54) is 0 Å². The van der Waals surface area contributed by atoms with Gasteiger partial charge in [0.05, 0.1) is 0 Å². The Bertz CT molecular complexity index is 271. The van der Waals surface area contributed by atoms with Gasteiger partial charge in [-0.3, -0.25) is 0 Å². The van der Waals surface area contributed by atoms with Crippen LogP contribution in [0.1, 0.15) is 13.8 Å². The molecule has 0 unspecified atom stereocenters. The molecule has 1 aromatic heterocycles. The lowest BCUT2D eigenvalue weighted by Gasteiger charge is -2.20. The first-order chi connectivity index (χ1) is 6.09. The van der Waals surface area contributed by atoms with Crippen molar-refractivity contribution in [3.05, 3.63) is 18.3 Å². The van der Waals surface area contributed by atoms with Crippen LogP contribution < -0.4 is 10.6 Å². The highest BCUT2D eigenvalue weighted by atomic mass is 15.2. The van der Waals surface area contributed by atoms with Gasteiger partial charge in [0.1, 0.15) is 5.82 Å². The standard InChI is InChI=1S/C10H17N3/c1-8(2)7-13(3)10-6-9(11)4-5-12-10/h4-6,8H,7H2,1-3H3,(H2,11,12). The highest BCUT2D eigenvalue weighted by molar-refractivity contribution is 5.49. The Balaban J connectivity index is 2.71. The van der Waals surface area contributed by atoms with Gasteiger partial charge in [0.25, 0.3) is 0 Å². The molecular formula is C10H17N3. The zero-order valence-electron chi connectivity index (χ0n) is 8.49. The zero-order chi connectivity index (χ0) is 9.84. The second kappa shape index (κ2) is 4.12. The number of anilines is 2. The molecule has 13 heavy (non-hydrogen) atoms. The molecule has 1 aromatic rings. The SMILES string of the molecule is CC(C)CN(C)c1cc(N)ccn1. The van der Waals surface area contributed by atoms with Gasteiger partial charge >= 0.3 is 0 Å². The molecule has 0 saturated heterocycles. The fraction of sp³-hybridized carbons (Fsp3) is 0.500. The Morgan fingerprint density at radius 1 is 1.54 bits per heavy atom. The summed E-state index contributed by atoms with van der Waals surface area (Å²) in [5.74, 6) is 1.57. The van der Waals surface area contributed by atoms with E-state index in [0.717, 1.165) is 18.1 Å². The van der Waals surface area contributed by atoms with Crippen LogP contribution in [0.2, 0.25) is 0 Å². The summed E-state index contributed by atoms with van der Waals surface area (Å²) in [7, 11) is 2.03. The molecule has 0 aliphatic rings. The van der Waals surface area contributed by atoms with Gasteiger partial charge < -0.3 is 10.6 Å². The predicted octanol–water partition coefficient (Wildman–Crippen LogP) is 1.76. The molecule has 3 nitrogen and oxygen atoms in total. The molecule has 0 amide bonds. The van der Waals surface area contributed by atoms with E-state index in [1.807, 2.05) is 13.1 Å². The summed E-state index contributed by atoms with van der Waals surface area (Å²) in [5, 5.41) is 0. The first-order valence-corrected chi connectivity index (χ1v) is 4.52. The third-order valence-corrected chi connectivity index (χ3v) is 1.80. The summed E-state index contributed by atoms with van der Waals surface area (Å²) in [6.45, 7) is 5.36. The van der Waals surface area contributed by atoms with Crippen LogP contribution in [-0.2, 0) is 0 Å². The molecule has 72 valence electrons. The van der Waals surface area contributed by atoms with Crippen LogP contribution in [0.5, 0.6) is 0 Å². The normalized spacial score (nSPS) is 10.5. The number of hydrogen-bond acceptors (Lipinski definition) is 3. The molecule has 0 fully saturated rings. The maximum absolute atomic E-state index is 5.66. The summed E-state index contributed by atoms with van der Waals surface area (Å²) in [4.78, 5) is 6.35. The first-order valence-electron chi connectivity index (χ1n) is 4.52. The van der Waals surface area contributed by atoms with Crippen LogP contribution in [0.3, 0.4) is 0 Å². The van der Waals surface area contributed by atoms with Crippen molar-refractivity contribution in [2.75, 3.05) is 24.2 Å². The lowest BCUT2D eigenvalue weighted by Crippen LogP contribution is -2.23. The van der Waals surface area contributed by atoms with Crippen LogP contribution in [0.25, 0.3) is 0 Å². The van der Waals surface area contributed by atoms with Crippen LogP contribution in [0.4, 0.5) is 11.5 Å². The predicted molar refractivity (Wildman–Crippen MR) is 56.8 cm³/mol. The molecule has 0 aliphatic carbocycles. The minimum atomic E-state index is 0.633. The van der Waals surface area contributed by atoms with Crippen molar-refractivity contribution in [1.82, 2.24) is 4.98 Å². The summed E-state index contributed by atoms with van der Waals surface area (Å²) >= 11 is 0. The van der Waals surface area contributed by atoms with Crippen molar-refractivity contribution in [2.45, 2.75) is 13.8 Å². The largest absolute Gasteiger partial charge is 0.399 e. The quantitative estimate of drug-likeness (QED) is 0.768. The highest BCUT2D eigenvalue weighted by Gasteiger charge is 2.03. The van der Waals surface area contributed by atoms with E-state index < -0.39 is 0 Å². The Labute approximate surface area is 79.6 Å². The maximum Gasteiger partial charge on any atom is 0.130 e. The molecule has 0 atom stereocenters. The average Bonchev–Trinajstić information content (AvgIpc) is 2.03. The van der Waals surface area contributed by atoms with Crippen LogP contribution in [-0.4, -0.2) is 18.6 Å². The molecule has 0 saturated carbocycles. The number of nitrogens with two attached hydrogens (primary N) is 1. The second-order valence-corrected chi connectivity index (χ2v) is 3.72. The van der Waals surface area contributed by atoms with Gasteiger partial charge in [-0.25, -0.2) is 4.98 Å². The zero-order valence-corrected chi connectivity index (χ0v) is 8.49. The summed E-state index contributed by atoms with van der Waals surface area (Å²) in [5.41, 5.74) is 6.42. The molecule has 2 N–H and O–H groups in total. The van der Waals surface area contributed by atoms with Crippen molar-refractivity contribution >= 4 is 11.5 Å². The van der Waals surface area contributed by atoms with Gasteiger partial charge in [0.2, 0.25) is 0 Å². The van der Waals surface area contributed by atoms with Gasteiger partial charge in [0.15, 0.2) is 0 Å². The van der Waals surface area contributed by atoms with Gasteiger partial charge in [-0.1, -0.05) is 13.8 Å². The summed E-state index contributed by atoms with van der Waals surface area (Å²) in [6.07, 6.45) is 1.74. The molecule has 3 heteroatoms. The summed E-state index contributed by atoms with van der Waals surface area (Å²) in [6, 6.07) is 3.69. The fourth-order valence-electron chi connectivity index (χ4n) is 1.28. The van der Waals surface area contributed by atoms with Gasteiger partial charge in [-0.2, -0.15) is 0 Å². The van der Waals surface area contributed by atoms with Crippen LogP contribution in [0, 0.1) is 5.92 Å². The van der Waals surface area contributed by atoms with Gasteiger partial charge in [-0.05, 0) is 12.0 Å². The molecule has 0 aliphatic heterocycles. The highest BCUT2D eigenvalue weighted by Crippen LogP contribution is 2.13. The number of nitrogens with zero attached hydrogens (tertiary/aromatic N) is 2. The fourth-order valence-corrected chi connectivity index (χ4v) is 1.28. The van der Waals surface area contributed by atoms with E-state index >= 15 is 0 Å². The van der Waals surface area contributed by atoms with Crippen LogP contribution >= 0.6 is 0 Å². The Morgan fingerprint density at radius 2 is 2.23 bits per heavy atom. The smallest absolute Gasteiger partial charge is 0.130 e. The molecule has 0 radical (unpaired) electrons. The number of rotatable bonds is 3. The van der Waals surface area contributed by atoms with Gasteiger partial charge in [0, 0.05) is 31.5 Å². The minimum absolute atomic E-state index is 0.633. The Hall–Kier alpha value is -1.25. The topological polar surface area (TPSA) is 42.1 Å². The molecular weight excluding hydrogens is 162 g/mol. The summed E-state index contributed by atoms with van der Waals surface area (Å²) < 4.78 is 0. The van der Waals surface area contributed by atoms with E-state index in [1.54, 1.807) is 12.3 Å². The van der Waals surface area contributed by atoms with Crippen molar-refractivity contribution in [1.29, 1.82) is 0 Å². The van der Waals surface area contributed by atoms with E-state index in [4.69, 9.17) is 5.73 Å². The molecule has 1 rings (SSSR count). The number of hydrogen-bond donors (Lipinski definition) is 1. The Kier molecular flexibility index (Phi) is 3.12. The molecule has 0 bridgehead atoms. The van der Waals surface area contributed by atoms with Gasteiger partial charge in [-0.15, -0.1) is 0 Å². The van der Waals surface area contributed by atoms with Crippen molar-refractivity contribution in [3.63, 3.8) is 0 Å². The number of pyridine rings is 1. The first kappa shape index (κ1) is 9.84. The van der Waals surface area contributed by atoms with E-state index in [2.05, 4.69) is 23.7 Å². The lowest BCUT2D eigenvalue weighted by molar-refractivity contribution is 0.635. The van der Waals surface area contributed by atoms with Crippen molar-refractivity contribution in [3.8, 4) is 0 Å². The van der Waals surface area contributed by atoms with Crippen molar-refractivity contribution in [2.24, 2.45) is 5.92 Å². The third-order valence-electron chi connectivity index (χ3n) is 1.80. The second-order valence-electron chi connectivity index (χ2n) is 3.72. The van der Waals surface area contributed by atoms with E-state index in [-0.39, 0.29) is 0 Å². The monoisotopic (exact) mass is 179 g/mol. The molecule has 0 spiro atoms. The average molecular weight is 179 g/mol. The minimum Gasteiger partial charge on any atom is -0.399 e. The number of nitrogen functional groups attached to an aromatic ring is 1. The molecule has 0 aromatic carbocycles. The Morgan fingerprint density at radius 3 is 2.77 bits per heavy atom. The molecule has 1 heterocycles. The van der Waals surface area contributed by atoms with E-state index in [0.29, 0.717) is 5.92 Å². The lowest BCUT2D eigenvalue weighted by atomic mass is 10.2. The number of aromatic nitrogens is 1. The van der Waals surface area contributed by atoms with Crippen LogP contribution in [0.15, 0.2) is 18.3 Å². The van der Waals surface area contributed by atoms with E-state index in [9.17, 15) is 0 Å². The van der Waals surface area contributed by atoms with Crippen molar-refractivity contribution < 1.29 is 0 Å².